The summed E-state index contributed by atoms with van der Waals surface area (Å²) in [6.07, 6.45) is 4.85. The molecule has 0 amide bonds. The van der Waals surface area contributed by atoms with Gasteiger partial charge in [-0.1, -0.05) is 13.8 Å². The molecule has 2 heterocycles. The number of hydrogen-bond donors (Lipinski definition) is 0. The van der Waals surface area contributed by atoms with E-state index in [0.29, 0.717) is 17.7 Å². The Morgan fingerprint density at radius 2 is 2.28 bits per heavy atom. The van der Waals surface area contributed by atoms with Crippen LogP contribution in [0, 0.1) is 0 Å². The summed E-state index contributed by atoms with van der Waals surface area (Å²) < 4.78 is 7.77. The van der Waals surface area contributed by atoms with Gasteiger partial charge >= 0.3 is 0 Å². The van der Waals surface area contributed by atoms with E-state index < -0.39 is 0 Å². The standard InChI is InChI=1S/C13H15BrN2O2/c1-3-6-16-12(10(14)8-15-16)13(17)9-5-7-18-11(9)4-2/h5,7-8H,3-4,6H2,1-2H3. The second-order valence-corrected chi connectivity index (χ2v) is 4.86. The first kappa shape index (κ1) is 13.1. The number of halogens is 1. The maximum Gasteiger partial charge on any atom is 0.215 e. The lowest BCUT2D eigenvalue weighted by Crippen LogP contribution is -2.12. The fraction of sp³-hybridized carbons (Fsp3) is 0.385. The summed E-state index contributed by atoms with van der Waals surface area (Å²) in [5.41, 5.74) is 1.21. The highest BCUT2D eigenvalue weighted by molar-refractivity contribution is 9.10. The third-order valence-electron chi connectivity index (χ3n) is 2.76. The van der Waals surface area contributed by atoms with Crippen LogP contribution in [-0.4, -0.2) is 15.6 Å². The van der Waals surface area contributed by atoms with Gasteiger partial charge < -0.3 is 4.42 Å². The number of nitrogens with zero attached hydrogens (tertiary/aromatic N) is 2. The van der Waals surface area contributed by atoms with E-state index in [1.165, 1.54) is 0 Å². The Bertz CT molecular complexity index is 557. The van der Waals surface area contributed by atoms with Crippen molar-refractivity contribution in [3.05, 3.63) is 40.0 Å². The minimum absolute atomic E-state index is 0.0431. The Morgan fingerprint density at radius 1 is 1.50 bits per heavy atom. The topological polar surface area (TPSA) is 48.0 Å². The summed E-state index contributed by atoms with van der Waals surface area (Å²) in [5.74, 6) is 0.676. The van der Waals surface area contributed by atoms with Crippen molar-refractivity contribution in [3.8, 4) is 0 Å². The summed E-state index contributed by atoms with van der Waals surface area (Å²) in [5, 5.41) is 4.21. The zero-order valence-corrected chi connectivity index (χ0v) is 12.0. The SMILES string of the molecule is CCCn1ncc(Br)c1C(=O)c1ccoc1CC. The van der Waals surface area contributed by atoms with Gasteiger partial charge in [-0.25, -0.2) is 0 Å². The zero-order chi connectivity index (χ0) is 13.1. The summed E-state index contributed by atoms with van der Waals surface area (Å²) in [6, 6.07) is 1.72. The van der Waals surface area contributed by atoms with Gasteiger partial charge in [0.2, 0.25) is 5.78 Å². The first-order valence-electron chi connectivity index (χ1n) is 6.01. The van der Waals surface area contributed by atoms with E-state index in [1.54, 1.807) is 23.2 Å². The van der Waals surface area contributed by atoms with Gasteiger partial charge in [0.05, 0.1) is 22.5 Å². The van der Waals surface area contributed by atoms with E-state index in [1.807, 2.05) is 6.92 Å². The van der Waals surface area contributed by atoms with Crippen LogP contribution in [0.25, 0.3) is 0 Å². The average molecular weight is 311 g/mol. The summed E-state index contributed by atoms with van der Waals surface area (Å²) in [6.45, 7) is 4.75. The van der Waals surface area contributed by atoms with Crippen LogP contribution in [0.3, 0.4) is 0 Å². The zero-order valence-electron chi connectivity index (χ0n) is 10.4. The van der Waals surface area contributed by atoms with E-state index in [-0.39, 0.29) is 5.78 Å². The first-order chi connectivity index (χ1) is 8.69. The number of aromatic nitrogens is 2. The predicted molar refractivity (Wildman–Crippen MR) is 71.7 cm³/mol. The van der Waals surface area contributed by atoms with Crippen molar-refractivity contribution in [1.29, 1.82) is 0 Å². The van der Waals surface area contributed by atoms with Crippen molar-refractivity contribution < 1.29 is 9.21 Å². The van der Waals surface area contributed by atoms with Crippen LogP contribution in [0.15, 0.2) is 27.4 Å². The molecule has 0 fully saturated rings. The van der Waals surface area contributed by atoms with Crippen molar-refractivity contribution in [3.63, 3.8) is 0 Å². The van der Waals surface area contributed by atoms with Crippen LogP contribution in [0.4, 0.5) is 0 Å². The number of carbonyl (C=O) groups is 1. The van der Waals surface area contributed by atoms with E-state index >= 15 is 0 Å². The van der Waals surface area contributed by atoms with Crippen molar-refractivity contribution >= 4 is 21.7 Å². The summed E-state index contributed by atoms with van der Waals surface area (Å²) in [7, 11) is 0. The molecule has 0 bridgehead atoms. The monoisotopic (exact) mass is 310 g/mol. The minimum atomic E-state index is -0.0431. The maximum atomic E-state index is 12.5. The van der Waals surface area contributed by atoms with E-state index in [2.05, 4.69) is 28.0 Å². The highest BCUT2D eigenvalue weighted by Crippen LogP contribution is 2.22. The Kier molecular flexibility index (Phi) is 4.01. The molecule has 0 saturated carbocycles. The van der Waals surface area contributed by atoms with Gasteiger partial charge in [0.25, 0.3) is 0 Å². The molecular formula is C13H15BrN2O2. The van der Waals surface area contributed by atoms with Crippen molar-refractivity contribution in [2.45, 2.75) is 33.2 Å². The molecule has 0 aromatic carbocycles. The number of aryl methyl sites for hydroxylation is 2. The Balaban J connectivity index is 2.42. The van der Waals surface area contributed by atoms with Gasteiger partial charge in [-0.05, 0) is 28.4 Å². The fourth-order valence-corrected chi connectivity index (χ4v) is 2.39. The van der Waals surface area contributed by atoms with Crippen LogP contribution >= 0.6 is 15.9 Å². The predicted octanol–water partition coefficient (Wildman–Crippen LogP) is 3.44. The molecule has 0 spiro atoms. The second kappa shape index (κ2) is 5.52. The van der Waals surface area contributed by atoms with Crippen molar-refractivity contribution in [2.24, 2.45) is 0 Å². The molecule has 96 valence electrons. The highest BCUT2D eigenvalue weighted by Gasteiger charge is 2.22. The van der Waals surface area contributed by atoms with Gasteiger partial charge in [0, 0.05) is 13.0 Å². The number of ketones is 1. The highest BCUT2D eigenvalue weighted by atomic mass is 79.9. The second-order valence-electron chi connectivity index (χ2n) is 4.00. The molecule has 0 atom stereocenters. The van der Waals surface area contributed by atoms with E-state index in [4.69, 9.17) is 4.42 Å². The molecule has 0 radical (unpaired) electrons. The third-order valence-corrected chi connectivity index (χ3v) is 3.34. The van der Waals surface area contributed by atoms with Crippen LogP contribution < -0.4 is 0 Å². The molecule has 2 aromatic rings. The van der Waals surface area contributed by atoms with Crippen LogP contribution in [0.5, 0.6) is 0 Å². The lowest BCUT2D eigenvalue weighted by Gasteiger charge is -2.05. The van der Waals surface area contributed by atoms with E-state index in [9.17, 15) is 4.79 Å². The molecule has 0 N–H and O–H groups in total. The number of carbonyl (C=O) groups excluding carboxylic acids is 1. The molecule has 18 heavy (non-hydrogen) atoms. The number of rotatable bonds is 5. The molecule has 2 rings (SSSR count). The molecule has 0 aliphatic heterocycles. The van der Waals surface area contributed by atoms with Crippen LogP contribution in [0.1, 0.15) is 42.1 Å². The van der Waals surface area contributed by atoms with Crippen LogP contribution in [-0.2, 0) is 13.0 Å². The van der Waals surface area contributed by atoms with Crippen molar-refractivity contribution in [2.75, 3.05) is 0 Å². The summed E-state index contributed by atoms with van der Waals surface area (Å²) >= 11 is 3.39. The molecule has 0 aliphatic rings. The lowest BCUT2D eigenvalue weighted by molar-refractivity contribution is 0.102. The fourth-order valence-electron chi connectivity index (χ4n) is 1.91. The third kappa shape index (κ3) is 2.27. The normalized spacial score (nSPS) is 10.8. The minimum Gasteiger partial charge on any atom is -0.469 e. The quantitative estimate of drug-likeness (QED) is 0.795. The maximum absolute atomic E-state index is 12.5. The van der Waals surface area contributed by atoms with Gasteiger partial charge in [-0.3, -0.25) is 9.48 Å². The van der Waals surface area contributed by atoms with Crippen molar-refractivity contribution in [1.82, 2.24) is 9.78 Å². The van der Waals surface area contributed by atoms with Crippen LogP contribution in [0.2, 0.25) is 0 Å². The molecule has 4 nitrogen and oxygen atoms in total. The molecular weight excluding hydrogens is 296 g/mol. The van der Waals surface area contributed by atoms with Gasteiger partial charge in [-0.2, -0.15) is 5.10 Å². The molecule has 0 aliphatic carbocycles. The van der Waals surface area contributed by atoms with Gasteiger partial charge in [0.1, 0.15) is 11.5 Å². The summed E-state index contributed by atoms with van der Waals surface area (Å²) in [4.78, 5) is 12.5. The lowest BCUT2D eigenvalue weighted by atomic mass is 10.1. The number of hydrogen-bond acceptors (Lipinski definition) is 3. The average Bonchev–Trinajstić information content (AvgIpc) is 2.96. The Labute approximate surface area is 114 Å². The van der Waals surface area contributed by atoms with E-state index in [0.717, 1.165) is 23.2 Å². The van der Waals surface area contributed by atoms with Gasteiger partial charge in [-0.15, -0.1) is 0 Å². The smallest absolute Gasteiger partial charge is 0.215 e. The number of furan rings is 1. The molecule has 0 unspecified atom stereocenters. The van der Waals surface area contributed by atoms with Gasteiger partial charge in [0.15, 0.2) is 0 Å². The largest absolute Gasteiger partial charge is 0.469 e. The molecule has 0 saturated heterocycles. The molecule has 2 aromatic heterocycles. The Hall–Kier alpha value is -1.36. The first-order valence-corrected chi connectivity index (χ1v) is 6.80. The Morgan fingerprint density at radius 3 is 2.94 bits per heavy atom. The molecule has 5 heteroatoms.